The maximum atomic E-state index is 12.7. The Hall–Kier alpha value is -2.60. The monoisotopic (exact) mass is 356 g/mol. The van der Waals surface area contributed by atoms with Crippen molar-refractivity contribution in [3.63, 3.8) is 0 Å². The minimum Gasteiger partial charge on any atom is -0.497 e. The van der Waals surface area contributed by atoms with E-state index in [1.54, 1.807) is 32.4 Å². The van der Waals surface area contributed by atoms with E-state index < -0.39 is 0 Å². The highest BCUT2D eigenvalue weighted by Gasteiger charge is 2.11. The molecular weight excluding hydrogens is 336 g/mol. The predicted molar refractivity (Wildman–Crippen MR) is 99.5 cm³/mol. The molecule has 1 heterocycles. The lowest BCUT2D eigenvalue weighted by molar-refractivity contribution is 0.0997. The molecule has 0 spiro atoms. The summed E-state index contributed by atoms with van der Waals surface area (Å²) in [4.78, 5) is 17.8. The second kappa shape index (κ2) is 7.53. The number of ether oxygens (including phenoxy) is 2. The summed E-state index contributed by atoms with van der Waals surface area (Å²) in [5, 5.41) is 0. The minimum absolute atomic E-state index is 0.311. The van der Waals surface area contributed by atoms with Crippen LogP contribution in [0.15, 0.2) is 47.5 Å². The number of benzene rings is 2. The molecule has 1 aromatic heterocycles. The number of fused-ring (bicyclic) bond motifs is 1. The number of hydrogen-bond donors (Lipinski definition) is 0. The number of para-hydroxylation sites is 1. The first-order chi connectivity index (χ1) is 12.2. The van der Waals surface area contributed by atoms with Gasteiger partial charge in [-0.15, -0.1) is 0 Å². The van der Waals surface area contributed by atoms with Crippen molar-refractivity contribution in [1.82, 2.24) is 4.57 Å². The lowest BCUT2D eigenvalue weighted by Crippen LogP contribution is -2.16. The molecule has 130 valence electrons. The number of amides is 1. The van der Waals surface area contributed by atoms with E-state index in [0.717, 1.165) is 23.2 Å². The van der Waals surface area contributed by atoms with Crippen molar-refractivity contribution in [1.29, 1.82) is 0 Å². The van der Waals surface area contributed by atoms with Crippen LogP contribution in [-0.4, -0.2) is 24.7 Å². The molecular formula is C19H20N2O3S. The fraction of sp³-hybridized carbons (Fsp3) is 0.263. The summed E-state index contributed by atoms with van der Waals surface area (Å²) in [6, 6.07) is 13.2. The number of hydrogen-bond acceptors (Lipinski definition) is 4. The molecule has 0 aliphatic heterocycles. The van der Waals surface area contributed by atoms with Gasteiger partial charge in [-0.3, -0.25) is 4.79 Å². The van der Waals surface area contributed by atoms with Crippen LogP contribution in [0.3, 0.4) is 0 Å². The van der Waals surface area contributed by atoms with Crippen molar-refractivity contribution in [2.24, 2.45) is 4.99 Å². The number of nitrogens with zero attached hydrogens (tertiary/aromatic N) is 2. The maximum Gasteiger partial charge on any atom is 0.279 e. The van der Waals surface area contributed by atoms with Crippen LogP contribution in [0.4, 0.5) is 0 Å². The van der Waals surface area contributed by atoms with E-state index in [1.165, 1.54) is 11.3 Å². The standard InChI is InChI=1S/C19H20N2O3S/c1-4-9-21-16-7-5-6-8-17(16)25-19(21)20-18(22)13-10-14(23-2)12-15(11-13)24-3/h5-8,10-12H,4,9H2,1-3H3. The second-order valence-electron chi connectivity index (χ2n) is 5.52. The van der Waals surface area contributed by atoms with Gasteiger partial charge in [-0.25, -0.2) is 0 Å². The normalized spacial score (nSPS) is 11.7. The number of methoxy groups -OCH3 is 2. The van der Waals surface area contributed by atoms with Gasteiger partial charge in [-0.05, 0) is 30.7 Å². The van der Waals surface area contributed by atoms with Crippen molar-refractivity contribution in [3.05, 3.63) is 52.8 Å². The number of rotatable bonds is 5. The molecule has 0 aliphatic carbocycles. The number of carbonyl (C=O) groups excluding carboxylic acids is 1. The second-order valence-corrected chi connectivity index (χ2v) is 6.53. The quantitative estimate of drug-likeness (QED) is 0.697. The molecule has 0 N–H and O–H groups in total. The van der Waals surface area contributed by atoms with E-state index >= 15 is 0 Å². The Bertz CT molecular complexity index is 950. The van der Waals surface area contributed by atoms with E-state index in [-0.39, 0.29) is 5.91 Å². The van der Waals surface area contributed by atoms with Crippen LogP contribution in [0, 0.1) is 0 Å². The zero-order valence-electron chi connectivity index (χ0n) is 14.5. The fourth-order valence-electron chi connectivity index (χ4n) is 2.63. The summed E-state index contributed by atoms with van der Waals surface area (Å²) in [5.74, 6) is 0.819. The lowest BCUT2D eigenvalue weighted by atomic mass is 10.2. The SMILES string of the molecule is CCCn1c(=NC(=O)c2cc(OC)cc(OC)c2)sc2ccccc21. The van der Waals surface area contributed by atoms with Gasteiger partial charge in [0, 0.05) is 18.2 Å². The van der Waals surface area contributed by atoms with E-state index in [4.69, 9.17) is 9.47 Å². The molecule has 1 amide bonds. The molecule has 0 aliphatic rings. The Morgan fingerprint density at radius 1 is 1.12 bits per heavy atom. The first-order valence-electron chi connectivity index (χ1n) is 8.06. The molecule has 6 heteroatoms. The van der Waals surface area contributed by atoms with Gasteiger partial charge >= 0.3 is 0 Å². The van der Waals surface area contributed by atoms with Gasteiger partial charge < -0.3 is 14.0 Å². The van der Waals surface area contributed by atoms with Gasteiger partial charge in [0.1, 0.15) is 11.5 Å². The van der Waals surface area contributed by atoms with Crippen LogP contribution in [0.2, 0.25) is 0 Å². The Balaban J connectivity index is 2.10. The number of thiazole rings is 1. The number of carbonyl (C=O) groups is 1. The highest BCUT2D eigenvalue weighted by atomic mass is 32.1. The van der Waals surface area contributed by atoms with E-state index in [2.05, 4.69) is 22.5 Å². The summed E-state index contributed by atoms with van der Waals surface area (Å²) in [5.41, 5.74) is 1.54. The number of aryl methyl sites for hydroxylation is 1. The summed E-state index contributed by atoms with van der Waals surface area (Å²) < 4.78 is 13.7. The third kappa shape index (κ3) is 3.58. The molecule has 0 radical (unpaired) electrons. The Morgan fingerprint density at radius 2 is 1.80 bits per heavy atom. The number of aromatic nitrogens is 1. The van der Waals surface area contributed by atoms with E-state index in [1.807, 2.05) is 18.2 Å². The largest absolute Gasteiger partial charge is 0.497 e. The zero-order valence-corrected chi connectivity index (χ0v) is 15.3. The Kier molecular flexibility index (Phi) is 5.19. The van der Waals surface area contributed by atoms with Crippen LogP contribution in [0.5, 0.6) is 11.5 Å². The van der Waals surface area contributed by atoms with Gasteiger partial charge in [-0.2, -0.15) is 4.99 Å². The maximum absolute atomic E-state index is 12.7. The summed E-state index contributed by atoms with van der Waals surface area (Å²) in [6.45, 7) is 2.93. The third-order valence-electron chi connectivity index (χ3n) is 3.83. The first-order valence-corrected chi connectivity index (χ1v) is 8.88. The fourth-order valence-corrected chi connectivity index (χ4v) is 3.68. The molecule has 0 fully saturated rings. The molecule has 0 unspecified atom stereocenters. The molecule has 5 nitrogen and oxygen atoms in total. The molecule has 0 atom stereocenters. The molecule has 0 bridgehead atoms. The molecule has 2 aromatic carbocycles. The topological polar surface area (TPSA) is 52.8 Å². The molecule has 3 aromatic rings. The average Bonchev–Trinajstić information content (AvgIpc) is 2.99. The van der Waals surface area contributed by atoms with Crippen LogP contribution < -0.4 is 14.3 Å². The van der Waals surface area contributed by atoms with Gasteiger partial charge in [0.05, 0.1) is 24.4 Å². The molecule has 0 saturated heterocycles. The molecule has 25 heavy (non-hydrogen) atoms. The van der Waals surface area contributed by atoms with Gasteiger partial charge in [0.25, 0.3) is 5.91 Å². The third-order valence-corrected chi connectivity index (χ3v) is 4.89. The van der Waals surface area contributed by atoms with E-state index in [9.17, 15) is 4.79 Å². The summed E-state index contributed by atoms with van der Waals surface area (Å²) >= 11 is 1.52. The van der Waals surface area contributed by atoms with Gasteiger partial charge in [0.15, 0.2) is 4.80 Å². The van der Waals surface area contributed by atoms with Crippen LogP contribution in [-0.2, 0) is 6.54 Å². The highest BCUT2D eigenvalue weighted by Crippen LogP contribution is 2.23. The highest BCUT2D eigenvalue weighted by molar-refractivity contribution is 7.16. The van der Waals surface area contributed by atoms with Gasteiger partial charge in [-0.1, -0.05) is 30.4 Å². The first kappa shape index (κ1) is 17.2. The average molecular weight is 356 g/mol. The minimum atomic E-state index is -0.311. The van der Waals surface area contributed by atoms with Crippen LogP contribution in [0.1, 0.15) is 23.7 Å². The van der Waals surface area contributed by atoms with Crippen LogP contribution in [0.25, 0.3) is 10.2 Å². The van der Waals surface area contributed by atoms with Crippen molar-refractivity contribution in [2.45, 2.75) is 19.9 Å². The lowest BCUT2D eigenvalue weighted by Gasteiger charge is -2.06. The van der Waals surface area contributed by atoms with Crippen molar-refractivity contribution in [3.8, 4) is 11.5 Å². The molecule has 3 rings (SSSR count). The smallest absolute Gasteiger partial charge is 0.279 e. The summed E-state index contributed by atoms with van der Waals surface area (Å²) in [7, 11) is 3.11. The summed E-state index contributed by atoms with van der Waals surface area (Å²) in [6.07, 6.45) is 0.967. The van der Waals surface area contributed by atoms with Crippen molar-refractivity contribution < 1.29 is 14.3 Å². The Labute approximate surface area is 150 Å². The zero-order chi connectivity index (χ0) is 17.8. The van der Waals surface area contributed by atoms with Gasteiger partial charge in [0.2, 0.25) is 0 Å². The Morgan fingerprint density at radius 3 is 2.44 bits per heavy atom. The van der Waals surface area contributed by atoms with Crippen LogP contribution >= 0.6 is 11.3 Å². The van der Waals surface area contributed by atoms with E-state index in [0.29, 0.717) is 21.9 Å². The molecule has 0 saturated carbocycles. The van der Waals surface area contributed by atoms with Crippen molar-refractivity contribution in [2.75, 3.05) is 14.2 Å². The predicted octanol–water partition coefficient (Wildman–Crippen LogP) is 3.87. The van der Waals surface area contributed by atoms with Crippen molar-refractivity contribution >= 4 is 27.5 Å².